The summed E-state index contributed by atoms with van der Waals surface area (Å²) in [7, 11) is 0. The topological polar surface area (TPSA) is 126 Å². The van der Waals surface area contributed by atoms with Gasteiger partial charge in [0.05, 0.1) is 11.5 Å². The normalized spacial score (nSPS) is 29.3. The number of anilines is 1. The van der Waals surface area contributed by atoms with Crippen molar-refractivity contribution in [2.45, 2.75) is 44.8 Å². The molecule has 0 radical (unpaired) electrons. The summed E-state index contributed by atoms with van der Waals surface area (Å²) in [6.07, 6.45) is -1.07. The minimum atomic E-state index is -1.09. The molecule has 3 rings (SSSR count). The second-order valence-electron chi connectivity index (χ2n) is 5.32. The van der Waals surface area contributed by atoms with Crippen molar-refractivity contribution in [3.8, 4) is 0 Å². The largest absolute Gasteiger partial charge is 0.388 e. The van der Waals surface area contributed by atoms with Crippen LogP contribution in [0.25, 0.3) is 11.0 Å². The summed E-state index contributed by atoms with van der Waals surface area (Å²) in [5, 5.41) is 20.6. The predicted octanol–water partition coefficient (Wildman–Crippen LogP) is -0.356. The highest BCUT2D eigenvalue weighted by molar-refractivity contribution is 5.80. The maximum absolute atomic E-state index is 12.0. The van der Waals surface area contributed by atoms with E-state index in [-0.39, 0.29) is 11.5 Å². The average Bonchev–Trinajstić information content (AvgIpc) is 2.89. The molecule has 5 N–H and O–H groups in total. The molecule has 2 aromatic heterocycles. The number of nitrogens with zero attached hydrogens (tertiary/aromatic N) is 2. The lowest BCUT2D eigenvalue weighted by Crippen LogP contribution is -2.31. The first-order valence-corrected chi connectivity index (χ1v) is 6.82. The standard InChI is InChI=1S/C13H18N4O4/c1-3-6-8(18)9(19)12(21-6)17-4-5(2)7-10(17)15-13(14)16-11(7)20/h4,6,8-9,12,18-19H,3H2,1-2H3,(H3,14,15,16,20)/t6-,8-,9+,12-/m1/s1. The molecule has 0 spiro atoms. The van der Waals surface area contributed by atoms with Gasteiger partial charge >= 0.3 is 0 Å². The van der Waals surface area contributed by atoms with E-state index in [1.807, 2.05) is 6.92 Å². The number of aliphatic hydroxyl groups is 2. The van der Waals surface area contributed by atoms with Gasteiger partial charge in [0, 0.05) is 6.20 Å². The molecule has 0 amide bonds. The van der Waals surface area contributed by atoms with Crippen LogP contribution in [0.15, 0.2) is 11.0 Å². The Morgan fingerprint density at radius 3 is 2.81 bits per heavy atom. The monoisotopic (exact) mass is 294 g/mol. The third-order valence-corrected chi connectivity index (χ3v) is 3.90. The highest BCUT2D eigenvalue weighted by atomic mass is 16.6. The second-order valence-corrected chi connectivity index (χ2v) is 5.32. The molecule has 4 atom stereocenters. The smallest absolute Gasteiger partial charge is 0.262 e. The number of aromatic nitrogens is 3. The number of hydrogen-bond acceptors (Lipinski definition) is 6. The van der Waals surface area contributed by atoms with Crippen molar-refractivity contribution < 1.29 is 14.9 Å². The fraction of sp³-hybridized carbons (Fsp3) is 0.538. The zero-order valence-electron chi connectivity index (χ0n) is 11.8. The van der Waals surface area contributed by atoms with Gasteiger partial charge in [0.25, 0.3) is 5.56 Å². The van der Waals surface area contributed by atoms with E-state index in [9.17, 15) is 15.0 Å². The van der Waals surface area contributed by atoms with Crippen LogP contribution in [0, 0.1) is 6.92 Å². The van der Waals surface area contributed by atoms with Crippen LogP contribution < -0.4 is 11.3 Å². The summed E-state index contributed by atoms with van der Waals surface area (Å²) in [5.74, 6) is -0.00748. The number of rotatable bonds is 2. The van der Waals surface area contributed by atoms with Crippen molar-refractivity contribution in [1.82, 2.24) is 14.5 Å². The first-order chi connectivity index (χ1) is 9.93. The van der Waals surface area contributed by atoms with E-state index in [2.05, 4.69) is 9.97 Å². The van der Waals surface area contributed by atoms with Gasteiger partial charge in [-0.05, 0) is 18.9 Å². The number of fused-ring (bicyclic) bond motifs is 1. The van der Waals surface area contributed by atoms with Crippen LogP contribution >= 0.6 is 0 Å². The number of aliphatic hydroxyl groups excluding tert-OH is 2. The van der Waals surface area contributed by atoms with Crippen LogP contribution in [0.5, 0.6) is 0 Å². The second kappa shape index (κ2) is 4.83. The number of H-pyrrole nitrogens is 1. The quantitative estimate of drug-likeness (QED) is 0.599. The van der Waals surface area contributed by atoms with Crippen molar-refractivity contribution in [2.75, 3.05) is 5.73 Å². The lowest BCUT2D eigenvalue weighted by Gasteiger charge is -2.17. The van der Waals surface area contributed by atoms with Gasteiger partial charge in [-0.1, -0.05) is 6.92 Å². The molecule has 0 saturated carbocycles. The first kappa shape index (κ1) is 14.1. The van der Waals surface area contributed by atoms with Gasteiger partial charge in [-0.2, -0.15) is 4.98 Å². The number of aromatic amines is 1. The Morgan fingerprint density at radius 1 is 1.48 bits per heavy atom. The molecule has 114 valence electrons. The summed E-state index contributed by atoms with van der Waals surface area (Å²) >= 11 is 0. The highest BCUT2D eigenvalue weighted by Gasteiger charge is 2.43. The van der Waals surface area contributed by atoms with Crippen molar-refractivity contribution in [3.05, 3.63) is 22.1 Å². The van der Waals surface area contributed by atoms with E-state index in [4.69, 9.17) is 10.5 Å². The van der Waals surface area contributed by atoms with Crippen LogP contribution in [0.4, 0.5) is 5.95 Å². The van der Waals surface area contributed by atoms with Gasteiger partial charge in [-0.3, -0.25) is 9.78 Å². The summed E-state index contributed by atoms with van der Waals surface area (Å²) in [6.45, 7) is 3.63. The number of nitrogen functional groups attached to an aromatic ring is 1. The molecule has 1 aliphatic heterocycles. The van der Waals surface area contributed by atoms with E-state index in [1.54, 1.807) is 17.7 Å². The highest BCUT2D eigenvalue weighted by Crippen LogP contribution is 2.33. The Kier molecular flexibility index (Phi) is 3.23. The third-order valence-electron chi connectivity index (χ3n) is 3.90. The van der Waals surface area contributed by atoms with Crippen LogP contribution in [-0.4, -0.2) is 43.1 Å². The number of nitrogens with one attached hydrogen (secondary N) is 1. The Hall–Kier alpha value is -1.90. The molecular formula is C13H18N4O4. The number of ether oxygens (including phenoxy) is 1. The zero-order chi connectivity index (χ0) is 15.3. The summed E-state index contributed by atoms with van der Waals surface area (Å²) in [4.78, 5) is 18.5. The Morgan fingerprint density at radius 2 is 2.19 bits per heavy atom. The molecule has 8 heteroatoms. The summed E-state index contributed by atoms with van der Waals surface area (Å²) in [5.41, 5.74) is 6.28. The van der Waals surface area contributed by atoms with Gasteiger partial charge in [-0.15, -0.1) is 0 Å². The van der Waals surface area contributed by atoms with E-state index in [0.717, 1.165) is 0 Å². The van der Waals surface area contributed by atoms with E-state index >= 15 is 0 Å². The summed E-state index contributed by atoms with van der Waals surface area (Å²) in [6, 6.07) is 0. The fourth-order valence-electron chi connectivity index (χ4n) is 2.85. The van der Waals surface area contributed by atoms with Crippen LogP contribution in [-0.2, 0) is 4.74 Å². The van der Waals surface area contributed by atoms with Gasteiger partial charge in [0.15, 0.2) is 11.9 Å². The van der Waals surface area contributed by atoms with Gasteiger partial charge < -0.3 is 25.3 Å². The molecule has 1 fully saturated rings. The number of aryl methyl sites for hydroxylation is 1. The molecule has 0 bridgehead atoms. The van der Waals surface area contributed by atoms with E-state index in [0.29, 0.717) is 23.0 Å². The molecule has 0 unspecified atom stereocenters. The van der Waals surface area contributed by atoms with Gasteiger partial charge in [0.2, 0.25) is 5.95 Å². The molecule has 0 aliphatic carbocycles. The van der Waals surface area contributed by atoms with E-state index in [1.165, 1.54) is 0 Å². The summed E-state index contributed by atoms with van der Waals surface area (Å²) < 4.78 is 7.25. The van der Waals surface area contributed by atoms with Gasteiger partial charge in [0.1, 0.15) is 12.2 Å². The fourth-order valence-corrected chi connectivity index (χ4v) is 2.85. The molecule has 0 aromatic carbocycles. The zero-order valence-corrected chi connectivity index (χ0v) is 11.8. The molecule has 8 nitrogen and oxygen atoms in total. The van der Waals surface area contributed by atoms with Crippen LogP contribution in [0.3, 0.4) is 0 Å². The van der Waals surface area contributed by atoms with Crippen molar-refractivity contribution >= 4 is 17.0 Å². The van der Waals surface area contributed by atoms with Crippen molar-refractivity contribution in [1.29, 1.82) is 0 Å². The average molecular weight is 294 g/mol. The molecular weight excluding hydrogens is 276 g/mol. The maximum atomic E-state index is 12.0. The Bertz CT molecular complexity index is 738. The third kappa shape index (κ3) is 2.03. The molecule has 2 aromatic rings. The Balaban J connectivity index is 2.16. The van der Waals surface area contributed by atoms with Gasteiger partial charge in [-0.25, -0.2) is 0 Å². The molecule has 1 saturated heterocycles. The van der Waals surface area contributed by atoms with Crippen LogP contribution in [0.2, 0.25) is 0 Å². The van der Waals surface area contributed by atoms with Crippen molar-refractivity contribution in [2.24, 2.45) is 0 Å². The maximum Gasteiger partial charge on any atom is 0.262 e. The SMILES string of the molecule is CC[C@H]1O[C@@H](n2cc(C)c3c(=O)[nH]c(N)nc32)[C@@H](O)[C@@H]1O. The minimum absolute atomic E-state index is 0.00748. The van der Waals surface area contributed by atoms with E-state index < -0.39 is 24.5 Å². The lowest BCUT2D eigenvalue weighted by atomic mass is 10.1. The van der Waals surface area contributed by atoms with Crippen molar-refractivity contribution in [3.63, 3.8) is 0 Å². The molecule has 1 aliphatic rings. The number of nitrogens with two attached hydrogens (primary N) is 1. The molecule has 3 heterocycles. The predicted molar refractivity (Wildman–Crippen MR) is 75.7 cm³/mol. The van der Waals surface area contributed by atoms with Crippen LogP contribution in [0.1, 0.15) is 25.1 Å². The minimum Gasteiger partial charge on any atom is -0.388 e. The first-order valence-electron chi connectivity index (χ1n) is 6.82. The molecule has 21 heavy (non-hydrogen) atoms. The lowest BCUT2D eigenvalue weighted by molar-refractivity contribution is -0.0353. The Labute approximate surface area is 120 Å². The number of hydrogen-bond donors (Lipinski definition) is 4.